The first-order valence-corrected chi connectivity index (χ1v) is 6.29. The van der Waals surface area contributed by atoms with Gasteiger partial charge in [0.2, 0.25) is 0 Å². The van der Waals surface area contributed by atoms with Crippen LogP contribution in [-0.4, -0.2) is 34.5 Å². The van der Waals surface area contributed by atoms with E-state index in [9.17, 15) is 14.0 Å². The minimum absolute atomic E-state index is 0.0913. The smallest absolute Gasteiger partial charge is 0.326 e. The first-order chi connectivity index (χ1) is 8.50. The number of carbonyl (C=O) groups excluding carboxylic acids is 1. The molecule has 1 heterocycles. The standard InChI is InChI=1S/C12H11BrFNO3/c13-7-3-4-8(9(14)6-7)11(16)15-5-1-2-10(15)12(17)18/h3-4,6,10H,1-2,5H2,(H,17,18). The Morgan fingerprint density at radius 1 is 1.44 bits per heavy atom. The summed E-state index contributed by atoms with van der Waals surface area (Å²) >= 11 is 3.10. The summed E-state index contributed by atoms with van der Waals surface area (Å²) in [7, 11) is 0. The molecule has 18 heavy (non-hydrogen) atoms. The zero-order valence-electron chi connectivity index (χ0n) is 9.40. The van der Waals surface area contributed by atoms with Gasteiger partial charge in [-0.2, -0.15) is 0 Å². The maximum absolute atomic E-state index is 13.7. The minimum Gasteiger partial charge on any atom is -0.480 e. The third-order valence-electron chi connectivity index (χ3n) is 2.96. The van der Waals surface area contributed by atoms with Crippen molar-refractivity contribution < 1.29 is 19.1 Å². The molecule has 6 heteroatoms. The van der Waals surface area contributed by atoms with Crippen LogP contribution in [0.5, 0.6) is 0 Å². The van der Waals surface area contributed by atoms with Crippen LogP contribution in [0.3, 0.4) is 0 Å². The number of aliphatic carboxylic acids is 1. The number of nitrogens with zero attached hydrogens (tertiary/aromatic N) is 1. The predicted octanol–water partition coefficient (Wildman–Crippen LogP) is 2.28. The molecule has 0 spiro atoms. The Bertz CT molecular complexity index is 506. The normalized spacial score (nSPS) is 19.0. The van der Waals surface area contributed by atoms with E-state index >= 15 is 0 Å². The van der Waals surface area contributed by atoms with Crippen molar-refractivity contribution in [2.75, 3.05) is 6.54 Å². The molecular weight excluding hydrogens is 305 g/mol. The lowest BCUT2D eigenvalue weighted by Crippen LogP contribution is -2.40. The Morgan fingerprint density at radius 2 is 2.17 bits per heavy atom. The van der Waals surface area contributed by atoms with Crippen LogP contribution in [0.25, 0.3) is 0 Å². The van der Waals surface area contributed by atoms with E-state index in [1.165, 1.54) is 17.0 Å². The van der Waals surface area contributed by atoms with Gasteiger partial charge >= 0.3 is 5.97 Å². The molecule has 0 saturated carbocycles. The van der Waals surface area contributed by atoms with Crippen LogP contribution < -0.4 is 0 Å². The van der Waals surface area contributed by atoms with Gasteiger partial charge in [-0.15, -0.1) is 0 Å². The van der Waals surface area contributed by atoms with E-state index < -0.39 is 23.7 Å². The number of carboxylic acids is 1. The van der Waals surface area contributed by atoms with Gasteiger partial charge in [-0.05, 0) is 31.0 Å². The SMILES string of the molecule is O=C(O)C1CCCN1C(=O)c1ccc(Br)cc1F. The molecule has 0 radical (unpaired) electrons. The van der Waals surface area contributed by atoms with Gasteiger partial charge in [0.15, 0.2) is 0 Å². The number of benzene rings is 1. The van der Waals surface area contributed by atoms with Crippen LogP contribution in [0.4, 0.5) is 4.39 Å². The molecule has 96 valence electrons. The van der Waals surface area contributed by atoms with Gasteiger partial charge in [0, 0.05) is 11.0 Å². The molecule has 2 rings (SSSR count). The molecule has 1 saturated heterocycles. The second-order valence-electron chi connectivity index (χ2n) is 4.12. The van der Waals surface area contributed by atoms with Crippen molar-refractivity contribution in [1.82, 2.24) is 4.90 Å². The highest BCUT2D eigenvalue weighted by Crippen LogP contribution is 2.23. The molecule has 1 fully saturated rings. The Balaban J connectivity index is 2.28. The summed E-state index contributed by atoms with van der Waals surface area (Å²) in [5, 5.41) is 9.00. The third kappa shape index (κ3) is 2.38. The lowest BCUT2D eigenvalue weighted by Gasteiger charge is -2.21. The fourth-order valence-electron chi connectivity index (χ4n) is 2.08. The van der Waals surface area contributed by atoms with Crippen LogP contribution in [0, 0.1) is 5.82 Å². The van der Waals surface area contributed by atoms with E-state index in [0.717, 1.165) is 0 Å². The molecule has 1 aromatic rings. The summed E-state index contributed by atoms with van der Waals surface area (Å²) < 4.78 is 14.2. The average Bonchev–Trinajstić information content (AvgIpc) is 2.77. The molecule has 1 unspecified atom stereocenters. The van der Waals surface area contributed by atoms with Crippen molar-refractivity contribution in [2.45, 2.75) is 18.9 Å². The maximum Gasteiger partial charge on any atom is 0.326 e. The summed E-state index contributed by atoms with van der Waals surface area (Å²) in [5.41, 5.74) is -0.0913. The molecule has 1 aliphatic heterocycles. The average molecular weight is 316 g/mol. The van der Waals surface area contributed by atoms with E-state index in [2.05, 4.69) is 15.9 Å². The van der Waals surface area contributed by atoms with Crippen LogP contribution in [0.15, 0.2) is 22.7 Å². The minimum atomic E-state index is -1.04. The highest BCUT2D eigenvalue weighted by molar-refractivity contribution is 9.10. The zero-order valence-corrected chi connectivity index (χ0v) is 11.0. The number of likely N-dealkylation sites (tertiary alicyclic amines) is 1. The molecular formula is C12H11BrFNO3. The van der Waals surface area contributed by atoms with E-state index in [1.54, 1.807) is 6.07 Å². The van der Waals surface area contributed by atoms with Crippen molar-refractivity contribution in [3.63, 3.8) is 0 Å². The van der Waals surface area contributed by atoms with Crippen molar-refractivity contribution in [1.29, 1.82) is 0 Å². The topological polar surface area (TPSA) is 57.6 Å². The Kier molecular flexibility index (Phi) is 3.65. The van der Waals surface area contributed by atoms with Crippen molar-refractivity contribution in [2.24, 2.45) is 0 Å². The fraction of sp³-hybridized carbons (Fsp3) is 0.333. The summed E-state index contributed by atoms with van der Waals surface area (Å²) in [6.07, 6.45) is 1.04. The number of amides is 1. The van der Waals surface area contributed by atoms with Gasteiger partial charge in [-0.3, -0.25) is 4.79 Å². The van der Waals surface area contributed by atoms with Crippen LogP contribution in [0.1, 0.15) is 23.2 Å². The lowest BCUT2D eigenvalue weighted by molar-refractivity contribution is -0.141. The molecule has 0 bridgehead atoms. The Labute approximate surface area is 112 Å². The highest BCUT2D eigenvalue weighted by Gasteiger charge is 2.35. The molecule has 1 aromatic carbocycles. The Hall–Kier alpha value is -1.43. The van der Waals surface area contributed by atoms with Crippen LogP contribution >= 0.6 is 15.9 Å². The van der Waals surface area contributed by atoms with Gasteiger partial charge in [0.1, 0.15) is 11.9 Å². The second kappa shape index (κ2) is 5.06. The molecule has 1 aliphatic rings. The first kappa shape index (κ1) is 13.0. The van der Waals surface area contributed by atoms with Crippen molar-refractivity contribution in [3.8, 4) is 0 Å². The number of halogens is 2. The summed E-state index contributed by atoms with van der Waals surface area (Å²) in [5.74, 6) is -2.26. The Morgan fingerprint density at radius 3 is 2.78 bits per heavy atom. The fourth-order valence-corrected chi connectivity index (χ4v) is 2.42. The van der Waals surface area contributed by atoms with E-state index in [1.807, 2.05) is 0 Å². The maximum atomic E-state index is 13.7. The molecule has 1 amide bonds. The molecule has 4 nitrogen and oxygen atoms in total. The van der Waals surface area contributed by atoms with Gasteiger partial charge in [0.25, 0.3) is 5.91 Å². The van der Waals surface area contributed by atoms with Crippen LogP contribution in [-0.2, 0) is 4.79 Å². The number of carboxylic acid groups (broad SMARTS) is 1. The van der Waals surface area contributed by atoms with E-state index in [4.69, 9.17) is 5.11 Å². The number of hydrogen-bond acceptors (Lipinski definition) is 2. The molecule has 0 aromatic heterocycles. The number of rotatable bonds is 2. The molecule has 0 aliphatic carbocycles. The highest BCUT2D eigenvalue weighted by atomic mass is 79.9. The van der Waals surface area contributed by atoms with Crippen molar-refractivity contribution in [3.05, 3.63) is 34.1 Å². The van der Waals surface area contributed by atoms with Gasteiger partial charge < -0.3 is 10.0 Å². The summed E-state index contributed by atoms with van der Waals surface area (Å²) in [6, 6.07) is 3.26. The molecule has 1 atom stereocenters. The van der Waals surface area contributed by atoms with Crippen LogP contribution in [0.2, 0.25) is 0 Å². The molecule has 1 N–H and O–H groups in total. The zero-order chi connectivity index (χ0) is 13.3. The van der Waals surface area contributed by atoms with Gasteiger partial charge in [-0.1, -0.05) is 15.9 Å². The van der Waals surface area contributed by atoms with E-state index in [-0.39, 0.29) is 5.56 Å². The largest absolute Gasteiger partial charge is 0.480 e. The number of hydrogen-bond donors (Lipinski definition) is 1. The lowest BCUT2D eigenvalue weighted by atomic mass is 10.1. The number of carbonyl (C=O) groups is 2. The predicted molar refractivity (Wildman–Crippen MR) is 65.8 cm³/mol. The monoisotopic (exact) mass is 315 g/mol. The van der Waals surface area contributed by atoms with Crippen molar-refractivity contribution >= 4 is 27.8 Å². The second-order valence-corrected chi connectivity index (χ2v) is 5.03. The summed E-state index contributed by atoms with van der Waals surface area (Å²) in [6.45, 7) is 0.352. The van der Waals surface area contributed by atoms with Gasteiger partial charge in [-0.25, -0.2) is 9.18 Å². The third-order valence-corrected chi connectivity index (χ3v) is 3.45. The van der Waals surface area contributed by atoms with E-state index in [0.29, 0.717) is 23.9 Å². The quantitative estimate of drug-likeness (QED) is 0.911. The van der Waals surface area contributed by atoms with Gasteiger partial charge in [0.05, 0.1) is 5.56 Å². The first-order valence-electron chi connectivity index (χ1n) is 5.49. The summed E-state index contributed by atoms with van der Waals surface area (Å²) in [4.78, 5) is 24.3.